The van der Waals surface area contributed by atoms with Crippen molar-refractivity contribution in [2.75, 3.05) is 11.4 Å². The van der Waals surface area contributed by atoms with E-state index in [1.165, 1.54) is 12.1 Å². The number of rotatable bonds is 3. The molecule has 0 spiro atoms. The van der Waals surface area contributed by atoms with Gasteiger partial charge in [-0.05, 0) is 29.5 Å². The lowest BCUT2D eigenvalue weighted by Gasteiger charge is -2.33. The number of anilines is 1. The van der Waals surface area contributed by atoms with E-state index in [1.807, 2.05) is 11.4 Å². The van der Waals surface area contributed by atoms with Crippen LogP contribution in [-0.2, 0) is 11.2 Å². The van der Waals surface area contributed by atoms with Crippen molar-refractivity contribution in [1.29, 1.82) is 0 Å². The van der Waals surface area contributed by atoms with Crippen LogP contribution in [0.25, 0.3) is 0 Å². The fraction of sp³-hybridized carbons (Fsp3) is 0.231. The molecule has 0 fully saturated rings. The van der Waals surface area contributed by atoms with Gasteiger partial charge in [0.1, 0.15) is 12.0 Å². The molecule has 0 radical (unpaired) electrons. The first kappa shape index (κ1) is 13.5. The highest BCUT2D eigenvalue weighted by Crippen LogP contribution is 2.36. The van der Waals surface area contributed by atoms with E-state index in [0.717, 1.165) is 23.1 Å². The Labute approximate surface area is 123 Å². The van der Waals surface area contributed by atoms with Crippen LogP contribution in [0.4, 0.5) is 11.5 Å². The van der Waals surface area contributed by atoms with Gasteiger partial charge in [0.2, 0.25) is 0 Å². The van der Waals surface area contributed by atoms with Crippen LogP contribution in [0.1, 0.15) is 16.5 Å². The molecule has 3 rings (SSSR count). The number of aliphatic carboxylic acids is 1. The molecular weight excluding hydrogens is 294 g/mol. The Bertz CT molecular complexity index is 698. The number of carboxylic acid groups (broad SMARTS) is 1. The predicted octanol–water partition coefficient (Wildman–Crippen LogP) is 2.24. The SMILES string of the molecule is O=C(O)C1c2ccsc2CCN1c1ccc([N+](=O)[O-])cn1. The van der Waals surface area contributed by atoms with Gasteiger partial charge in [-0.3, -0.25) is 10.1 Å². The maximum atomic E-state index is 11.6. The number of carbonyl (C=O) groups is 1. The molecule has 2 aromatic rings. The van der Waals surface area contributed by atoms with Crippen LogP contribution in [0.3, 0.4) is 0 Å². The molecule has 0 aliphatic carbocycles. The normalized spacial score (nSPS) is 17.3. The second-order valence-corrected chi connectivity index (χ2v) is 5.62. The third-order valence-electron chi connectivity index (χ3n) is 3.44. The number of fused-ring (bicyclic) bond motifs is 1. The fourth-order valence-corrected chi connectivity index (χ4v) is 3.39. The van der Waals surface area contributed by atoms with Crippen molar-refractivity contribution < 1.29 is 14.8 Å². The van der Waals surface area contributed by atoms with E-state index in [0.29, 0.717) is 12.4 Å². The molecule has 108 valence electrons. The number of aromatic nitrogens is 1. The average molecular weight is 305 g/mol. The standard InChI is InChI=1S/C13H11N3O4S/c17-13(18)12-9-4-6-21-10(9)3-5-15(12)11-2-1-8(7-14-11)16(19)20/h1-2,4,6-7,12H,3,5H2,(H,17,18). The summed E-state index contributed by atoms with van der Waals surface area (Å²) in [4.78, 5) is 28.5. The van der Waals surface area contributed by atoms with Gasteiger partial charge in [0.15, 0.2) is 6.04 Å². The summed E-state index contributed by atoms with van der Waals surface area (Å²) in [5.41, 5.74) is 0.665. The van der Waals surface area contributed by atoms with Crippen molar-refractivity contribution in [2.24, 2.45) is 0 Å². The highest BCUT2D eigenvalue weighted by Gasteiger charge is 2.34. The first-order valence-electron chi connectivity index (χ1n) is 6.24. The van der Waals surface area contributed by atoms with Gasteiger partial charge in [0.05, 0.1) is 4.92 Å². The Balaban J connectivity index is 1.98. The summed E-state index contributed by atoms with van der Waals surface area (Å²) >= 11 is 1.55. The van der Waals surface area contributed by atoms with Gasteiger partial charge in [0.25, 0.3) is 5.69 Å². The minimum atomic E-state index is -0.950. The second-order valence-electron chi connectivity index (χ2n) is 4.61. The molecule has 7 nitrogen and oxygen atoms in total. The van der Waals surface area contributed by atoms with Crippen molar-refractivity contribution in [3.05, 3.63) is 50.3 Å². The number of hydrogen-bond acceptors (Lipinski definition) is 6. The molecule has 2 aromatic heterocycles. The lowest BCUT2D eigenvalue weighted by Crippen LogP contribution is -2.39. The summed E-state index contributed by atoms with van der Waals surface area (Å²) in [6.07, 6.45) is 1.90. The van der Waals surface area contributed by atoms with Crippen molar-refractivity contribution in [2.45, 2.75) is 12.5 Å². The van der Waals surface area contributed by atoms with Crippen LogP contribution in [0, 0.1) is 10.1 Å². The van der Waals surface area contributed by atoms with Gasteiger partial charge in [-0.2, -0.15) is 0 Å². The zero-order valence-electron chi connectivity index (χ0n) is 10.8. The van der Waals surface area contributed by atoms with Crippen LogP contribution in [-0.4, -0.2) is 27.5 Å². The third-order valence-corrected chi connectivity index (χ3v) is 4.43. The van der Waals surface area contributed by atoms with Crippen LogP contribution in [0.15, 0.2) is 29.8 Å². The molecule has 1 unspecified atom stereocenters. The minimum absolute atomic E-state index is 0.112. The maximum Gasteiger partial charge on any atom is 0.331 e. The zero-order valence-corrected chi connectivity index (χ0v) is 11.6. The summed E-state index contributed by atoms with van der Waals surface area (Å²) in [5, 5.41) is 22.0. The van der Waals surface area contributed by atoms with Crippen molar-refractivity contribution in [1.82, 2.24) is 4.98 Å². The van der Waals surface area contributed by atoms with Gasteiger partial charge < -0.3 is 10.0 Å². The number of hydrogen-bond donors (Lipinski definition) is 1. The van der Waals surface area contributed by atoms with E-state index in [-0.39, 0.29) is 5.69 Å². The quantitative estimate of drug-likeness (QED) is 0.690. The Kier molecular flexibility index (Phi) is 3.30. The second kappa shape index (κ2) is 5.13. The third kappa shape index (κ3) is 2.33. The zero-order chi connectivity index (χ0) is 15.0. The molecule has 1 N–H and O–H groups in total. The van der Waals surface area contributed by atoms with Gasteiger partial charge in [-0.15, -0.1) is 11.3 Å². The molecule has 1 atom stereocenters. The Morgan fingerprint density at radius 2 is 2.29 bits per heavy atom. The van der Waals surface area contributed by atoms with E-state index < -0.39 is 16.9 Å². The number of carboxylic acids is 1. The smallest absolute Gasteiger partial charge is 0.331 e. The number of thiophene rings is 1. The molecule has 1 aliphatic heterocycles. The topological polar surface area (TPSA) is 96.6 Å². The molecular formula is C13H11N3O4S. The summed E-state index contributed by atoms with van der Waals surface area (Å²) in [5.74, 6) is -0.514. The average Bonchev–Trinajstić information content (AvgIpc) is 2.94. The van der Waals surface area contributed by atoms with Crippen molar-refractivity contribution in [3.63, 3.8) is 0 Å². The molecule has 0 aromatic carbocycles. The monoisotopic (exact) mass is 305 g/mol. The lowest BCUT2D eigenvalue weighted by molar-refractivity contribution is -0.385. The number of nitro groups is 1. The van der Waals surface area contributed by atoms with Gasteiger partial charge in [-0.25, -0.2) is 9.78 Å². The highest BCUT2D eigenvalue weighted by molar-refractivity contribution is 7.10. The van der Waals surface area contributed by atoms with E-state index >= 15 is 0 Å². The van der Waals surface area contributed by atoms with E-state index in [9.17, 15) is 20.0 Å². The van der Waals surface area contributed by atoms with Gasteiger partial charge >= 0.3 is 5.97 Å². The van der Waals surface area contributed by atoms with Crippen molar-refractivity contribution in [3.8, 4) is 0 Å². The van der Waals surface area contributed by atoms with Crippen LogP contribution < -0.4 is 4.90 Å². The van der Waals surface area contributed by atoms with E-state index in [2.05, 4.69) is 4.98 Å². The molecule has 0 saturated heterocycles. The summed E-state index contributed by atoms with van der Waals surface area (Å²) in [6, 6.07) is 3.85. The predicted molar refractivity (Wildman–Crippen MR) is 76.6 cm³/mol. The highest BCUT2D eigenvalue weighted by atomic mass is 32.1. The van der Waals surface area contributed by atoms with E-state index in [1.54, 1.807) is 16.2 Å². The maximum absolute atomic E-state index is 11.6. The lowest BCUT2D eigenvalue weighted by atomic mass is 10.00. The number of pyridine rings is 1. The molecule has 0 saturated carbocycles. The van der Waals surface area contributed by atoms with Gasteiger partial charge in [-0.1, -0.05) is 0 Å². The summed E-state index contributed by atoms with van der Waals surface area (Å²) in [6.45, 7) is 0.523. The van der Waals surface area contributed by atoms with Crippen LogP contribution in [0.5, 0.6) is 0 Å². The molecule has 1 aliphatic rings. The fourth-order valence-electron chi connectivity index (χ4n) is 2.49. The van der Waals surface area contributed by atoms with Crippen molar-refractivity contribution >= 4 is 28.8 Å². The first-order chi connectivity index (χ1) is 10.1. The first-order valence-corrected chi connectivity index (χ1v) is 7.12. The summed E-state index contributed by atoms with van der Waals surface area (Å²) in [7, 11) is 0. The largest absolute Gasteiger partial charge is 0.479 e. The minimum Gasteiger partial charge on any atom is -0.479 e. The van der Waals surface area contributed by atoms with Gasteiger partial charge in [0, 0.05) is 17.5 Å². The molecule has 8 heteroatoms. The van der Waals surface area contributed by atoms with E-state index in [4.69, 9.17) is 0 Å². The number of nitrogens with zero attached hydrogens (tertiary/aromatic N) is 3. The Hall–Kier alpha value is -2.48. The van der Waals surface area contributed by atoms with Crippen LogP contribution in [0.2, 0.25) is 0 Å². The molecule has 3 heterocycles. The molecule has 0 bridgehead atoms. The molecule has 21 heavy (non-hydrogen) atoms. The summed E-state index contributed by atoms with van der Waals surface area (Å²) < 4.78 is 0. The molecule has 0 amide bonds. The Morgan fingerprint density at radius 1 is 1.48 bits per heavy atom. The Morgan fingerprint density at radius 3 is 2.90 bits per heavy atom. The van der Waals surface area contributed by atoms with Crippen LogP contribution >= 0.6 is 11.3 Å².